The molecule has 4 nitrogen and oxygen atoms in total. The van der Waals surface area contributed by atoms with Gasteiger partial charge in [0.2, 0.25) is 0 Å². The van der Waals surface area contributed by atoms with Crippen molar-refractivity contribution in [1.29, 1.82) is 5.26 Å². The maximum atomic E-state index is 13.0. The van der Waals surface area contributed by atoms with E-state index in [4.69, 9.17) is 21.6 Å². The van der Waals surface area contributed by atoms with E-state index in [1.54, 1.807) is 0 Å². The van der Waals surface area contributed by atoms with E-state index in [0.29, 0.717) is 0 Å². The van der Waals surface area contributed by atoms with Gasteiger partial charge in [-0.3, -0.25) is 4.90 Å². The fourth-order valence-electron chi connectivity index (χ4n) is 2.46. The minimum Gasteiger partial charge on any atom is -0.444 e. The van der Waals surface area contributed by atoms with Gasteiger partial charge in [-0.2, -0.15) is 18.4 Å². The van der Waals surface area contributed by atoms with Crippen molar-refractivity contribution >= 4 is 23.4 Å². The molecule has 3 atom stereocenters. The molecule has 1 aliphatic rings. The molecule has 118 valence electrons. The minimum absolute atomic E-state index is 0.0609. The summed E-state index contributed by atoms with van der Waals surface area (Å²) in [6, 6.07) is 4.66. The van der Waals surface area contributed by atoms with Crippen LogP contribution >= 0.6 is 11.6 Å². The summed E-state index contributed by atoms with van der Waals surface area (Å²) in [7, 11) is 0. The summed E-state index contributed by atoms with van der Waals surface area (Å²) < 4.78 is 44.0. The summed E-state index contributed by atoms with van der Waals surface area (Å²) in [6.07, 6.45) is -6.26. The van der Waals surface area contributed by atoms with Crippen LogP contribution in [-0.4, -0.2) is 24.4 Å². The van der Waals surface area contributed by atoms with Crippen LogP contribution in [0.4, 0.5) is 23.7 Å². The third-order valence-corrected chi connectivity index (χ3v) is 3.96. The quantitative estimate of drug-likeness (QED) is 0.818. The van der Waals surface area contributed by atoms with Crippen LogP contribution in [0.5, 0.6) is 0 Å². The van der Waals surface area contributed by atoms with Crippen molar-refractivity contribution < 1.29 is 22.7 Å². The molecule has 1 amide bonds. The van der Waals surface area contributed by atoms with Crippen LogP contribution in [0.15, 0.2) is 18.2 Å². The van der Waals surface area contributed by atoms with E-state index in [1.165, 1.54) is 25.1 Å². The molecule has 0 aliphatic carbocycles. The summed E-state index contributed by atoms with van der Waals surface area (Å²) in [5.74, 6) is -1.77. The Morgan fingerprint density at radius 2 is 2.09 bits per heavy atom. The number of cyclic esters (lactones) is 1. The Hall–Kier alpha value is -1.94. The first-order valence-electron chi connectivity index (χ1n) is 6.43. The number of hydrogen-bond acceptors (Lipinski definition) is 3. The maximum absolute atomic E-state index is 13.0. The van der Waals surface area contributed by atoms with E-state index in [-0.39, 0.29) is 16.3 Å². The van der Waals surface area contributed by atoms with Gasteiger partial charge in [-0.25, -0.2) is 4.79 Å². The molecule has 1 aliphatic heterocycles. The number of rotatable bonds is 2. The number of nitriles is 1. The molecular weight excluding hydrogens is 321 g/mol. The van der Waals surface area contributed by atoms with Gasteiger partial charge in [0, 0.05) is 5.69 Å². The summed E-state index contributed by atoms with van der Waals surface area (Å²) in [5, 5.41) is 8.89. The van der Waals surface area contributed by atoms with Crippen LogP contribution in [0, 0.1) is 17.2 Å². The van der Waals surface area contributed by atoms with Crippen molar-refractivity contribution in [2.45, 2.75) is 32.2 Å². The van der Waals surface area contributed by atoms with Crippen molar-refractivity contribution in [2.75, 3.05) is 4.90 Å². The van der Waals surface area contributed by atoms with Gasteiger partial charge in [0.1, 0.15) is 12.2 Å². The smallest absolute Gasteiger partial charge is 0.415 e. The first kappa shape index (κ1) is 16.4. The Kier molecular flexibility index (Phi) is 4.25. The number of hydrogen-bond donors (Lipinski definition) is 0. The lowest BCUT2D eigenvalue weighted by molar-refractivity contribution is -0.177. The number of anilines is 1. The van der Waals surface area contributed by atoms with Gasteiger partial charge in [0.15, 0.2) is 0 Å². The lowest BCUT2D eigenvalue weighted by atomic mass is 9.95. The van der Waals surface area contributed by atoms with Crippen molar-refractivity contribution in [1.82, 2.24) is 0 Å². The van der Waals surface area contributed by atoms with Gasteiger partial charge in [0.05, 0.1) is 22.5 Å². The monoisotopic (exact) mass is 332 g/mol. The molecule has 2 rings (SSSR count). The second-order valence-corrected chi connectivity index (χ2v) is 5.46. The molecule has 1 aromatic rings. The second kappa shape index (κ2) is 5.69. The van der Waals surface area contributed by atoms with Crippen LogP contribution in [0.2, 0.25) is 5.02 Å². The van der Waals surface area contributed by atoms with Crippen molar-refractivity contribution in [2.24, 2.45) is 5.92 Å². The molecule has 1 heterocycles. The van der Waals surface area contributed by atoms with E-state index in [2.05, 4.69) is 0 Å². The molecule has 0 N–H and O–H groups in total. The van der Waals surface area contributed by atoms with Crippen LogP contribution in [0.1, 0.15) is 19.4 Å². The van der Waals surface area contributed by atoms with Crippen LogP contribution in [0.25, 0.3) is 0 Å². The third-order valence-electron chi connectivity index (χ3n) is 3.64. The van der Waals surface area contributed by atoms with Crippen LogP contribution in [0.3, 0.4) is 0 Å². The number of halogens is 4. The van der Waals surface area contributed by atoms with E-state index < -0.39 is 30.3 Å². The molecule has 0 aromatic heterocycles. The molecule has 2 unspecified atom stereocenters. The van der Waals surface area contributed by atoms with Crippen molar-refractivity contribution in [3.63, 3.8) is 0 Å². The lowest BCUT2D eigenvalue weighted by Crippen LogP contribution is -2.46. The lowest BCUT2D eigenvalue weighted by Gasteiger charge is -2.30. The van der Waals surface area contributed by atoms with Gasteiger partial charge < -0.3 is 4.74 Å². The highest BCUT2D eigenvalue weighted by molar-refractivity contribution is 6.32. The largest absolute Gasteiger partial charge is 0.444 e. The zero-order chi connectivity index (χ0) is 16.7. The maximum Gasteiger partial charge on any atom is 0.415 e. The summed E-state index contributed by atoms with van der Waals surface area (Å²) >= 11 is 5.89. The zero-order valence-corrected chi connectivity index (χ0v) is 12.4. The van der Waals surface area contributed by atoms with Gasteiger partial charge in [-0.1, -0.05) is 18.5 Å². The number of benzene rings is 1. The molecule has 1 saturated heterocycles. The topological polar surface area (TPSA) is 53.3 Å². The molecular formula is C14H12ClF3N2O2. The number of amides is 1. The summed E-state index contributed by atoms with van der Waals surface area (Å²) in [5.41, 5.74) is 0.339. The zero-order valence-electron chi connectivity index (χ0n) is 11.7. The predicted molar refractivity (Wildman–Crippen MR) is 73.6 cm³/mol. The Morgan fingerprint density at radius 1 is 1.45 bits per heavy atom. The Morgan fingerprint density at radius 3 is 2.59 bits per heavy atom. The van der Waals surface area contributed by atoms with Gasteiger partial charge in [-0.15, -0.1) is 0 Å². The van der Waals surface area contributed by atoms with Gasteiger partial charge in [0.25, 0.3) is 0 Å². The van der Waals surface area contributed by atoms with E-state index in [0.717, 1.165) is 11.8 Å². The third kappa shape index (κ3) is 2.83. The molecule has 0 spiro atoms. The Bertz CT molecular complexity index is 642. The van der Waals surface area contributed by atoms with E-state index in [1.807, 2.05) is 6.07 Å². The fourth-order valence-corrected chi connectivity index (χ4v) is 2.68. The molecule has 0 saturated carbocycles. The SMILES string of the molecule is CC(C1[C@H](C)OC(=O)N1c1ccc(C#N)c(Cl)c1)C(F)(F)F. The second-order valence-electron chi connectivity index (χ2n) is 5.06. The van der Waals surface area contributed by atoms with Crippen molar-refractivity contribution in [3.8, 4) is 6.07 Å². The number of carbonyl (C=O) groups excluding carboxylic acids is 1. The average Bonchev–Trinajstić information content (AvgIpc) is 2.71. The van der Waals surface area contributed by atoms with Gasteiger partial charge in [-0.05, 0) is 25.1 Å². The standard InChI is InChI=1S/C14H12ClF3N2O2/c1-7(14(16,17)18)12-8(2)22-13(21)20(12)10-4-3-9(6-19)11(15)5-10/h3-5,7-8,12H,1-2H3/t7?,8-,12?/m0/s1. The summed E-state index contributed by atoms with van der Waals surface area (Å²) in [6.45, 7) is 2.41. The van der Waals surface area contributed by atoms with Crippen LogP contribution in [-0.2, 0) is 4.74 Å². The first-order valence-corrected chi connectivity index (χ1v) is 6.80. The first-order chi connectivity index (χ1) is 10.2. The van der Waals surface area contributed by atoms with Crippen molar-refractivity contribution in [3.05, 3.63) is 28.8 Å². The number of ether oxygens (including phenoxy) is 1. The molecule has 1 aromatic carbocycles. The highest BCUT2D eigenvalue weighted by Crippen LogP contribution is 2.39. The van der Waals surface area contributed by atoms with Gasteiger partial charge >= 0.3 is 12.3 Å². The van der Waals surface area contributed by atoms with Crippen LogP contribution < -0.4 is 4.90 Å². The number of alkyl halides is 3. The van der Waals surface area contributed by atoms with E-state index >= 15 is 0 Å². The molecule has 1 fully saturated rings. The highest BCUT2D eigenvalue weighted by Gasteiger charge is 2.52. The molecule has 0 bridgehead atoms. The number of nitrogens with zero attached hydrogens (tertiary/aromatic N) is 2. The average molecular weight is 333 g/mol. The fraction of sp³-hybridized carbons (Fsp3) is 0.429. The Labute approximate surface area is 130 Å². The van der Waals surface area contributed by atoms with E-state index in [9.17, 15) is 18.0 Å². The molecule has 8 heteroatoms. The predicted octanol–water partition coefficient (Wildman–Crippen LogP) is 4.12. The number of carbonyl (C=O) groups is 1. The normalized spacial score (nSPS) is 23.1. The molecule has 22 heavy (non-hydrogen) atoms. The Balaban J connectivity index is 2.44. The molecule has 0 radical (unpaired) electrons. The minimum atomic E-state index is -4.47. The summed E-state index contributed by atoms with van der Waals surface area (Å²) in [4.78, 5) is 12.9. The highest BCUT2D eigenvalue weighted by atomic mass is 35.5.